The number of carbonyl (C=O) groups excluding carboxylic acids is 1. The molecule has 4 rings (SSSR count). The molecule has 0 spiro atoms. The Morgan fingerprint density at radius 2 is 2.00 bits per heavy atom. The number of methoxy groups -OCH3 is 1. The topological polar surface area (TPSA) is 78.8 Å². The molecule has 1 aromatic rings. The monoisotopic (exact) mass is 450 g/mol. The summed E-state index contributed by atoms with van der Waals surface area (Å²) in [5.74, 6) is 0. The van der Waals surface area contributed by atoms with Crippen molar-refractivity contribution in [1.29, 1.82) is 0 Å². The number of aliphatic imine (C=N–C) groups is 1. The fourth-order valence-corrected chi connectivity index (χ4v) is 5.17. The van der Waals surface area contributed by atoms with Gasteiger partial charge < -0.3 is 23.7 Å². The molecular weight excluding hydrogens is 420 g/mol. The van der Waals surface area contributed by atoms with Gasteiger partial charge in [0.15, 0.2) is 11.5 Å². The summed E-state index contributed by atoms with van der Waals surface area (Å²) in [6, 6.07) is 9.52. The van der Waals surface area contributed by atoms with Gasteiger partial charge in [-0.05, 0) is 27.7 Å². The van der Waals surface area contributed by atoms with Crippen molar-refractivity contribution >= 4 is 23.0 Å². The van der Waals surface area contributed by atoms with E-state index in [2.05, 4.69) is 0 Å². The Balaban J connectivity index is 1.52. The Kier molecular flexibility index (Phi) is 6.60. The van der Waals surface area contributed by atoms with E-state index in [0.717, 1.165) is 5.56 Å². The number of amidine groups is 1. The van der Waals surface area contributed by atoms with E-state index in [9.17, 15) is 4.79 Å². The molecule has 0 saturated carbocycles. The van der Waals surface area contributed by atoms with Crippen molar-refractivity contribution in [3.8, 4) is 0 Å². The zero-order valence-corrected chi connectivity index (χ0v) is 19.3. The normalized spacial score (nSPS) is 32.6. The number of rotatable bonds is 3. The minimum absolute atomic E-state index is 0.273. The summed E-state index contributed by atoms with van der Waals surface area (Å²) in [7, 11) is 1.66. The molecule has 2 fully saturated rings. The molecule has 9 heteroatoms. The molecule has 0 radical (unpaired) electrons. The molecule has 0 N–H and O–H groups in total. The van der Waals surface area contributed by atoms with E-state index in [0.29, 0.717) is 18.3 Å². The lowest BCUT2D eigenvalue weighted by atomic mass is 9.97. The average molecular weight is 451 g/mol. The smallest absolute Gasteiger partial charge is 0.416 e. The van der Waals surface area contributed by atoms with Crippen LogP contribution < -0.4 is 0 Å². The molecule has 3 aliphatic rings. The van der Waals surface area contributed by atoms with Gasteiger partial charge in [-0.1, -0.05) is 42.1 Å². The average Bonchev–Trinajstić information content (AvgIpc) is 3.14. The fourth-order valence-electron chi connectivity index (χ4n) is 3.90. The molecule has 0 aromatic heterocycles. The van der Waals surface area contributed by atoms with Gasteiger partial charge >= 0.3 is 6.09 Å². The zero-order valence-electron chi connectivity index (χ0n) is 18.5. The number of fused-ring (bicyclic) bond motifs is 2. The van der Waals surface area contributed by atoms with Gasteiger partial charge in [-0.15, -0.1) is 0 Å². The Morgan fingerprint density at radius 3 is 2.65 bits per heavy atom. The van der Waals surface area contributed by atoms with Crippen molar-refractivity contribution in [2.75, 3.05) is 20.3 Å². The number of benzene rings is 1. The summed E-state index contributed by atoms with van der Waals surface area (Å²) < 4.78 is 29.9. The molecule has 8 nitrogen and oxygen atoms in total. The summed E-state index contributed by atoms with van der Waals surface area (Å²) in [5, 5.41) is 0.577. The second kappa shape index (κ2) is 9.07. The standard InChI is InChI=1S/C22H30N2O6S/c1-6-24(21(25)30-22(2,3)4)20-23-15-17(26-5)16-14(28-19(15)31-20)12-27-18(29-16)13-10-8-7-9-11-13/h7-11,14-19H,6,12H2,1-5H3/t14-,15-,16-,17-,18?,19-/m1/s1. The maximum Gasteiger partial charge on any atom is 0.416 e. The van der Waals surface area contributed by atoms with Gasteiger partial charge in [-0.25, -0.2) is 4.79 Å². The van der Waals surface area contributed by atoms with Crippen molar-refractivity contribution < 1.29 is 28.5 Å². The number of nitrogens with zero attached hydrogens (tertiary/aromatic N) is 2. The molecule has 1 amide bonds. The quantitative estimate of drug-likeness (QED) is 0.697. The van der Waals surface area contributed by atoms with Crippen LogP contribution in [0, 0.1) is 0 Å². The van der Waals surface area contributed by atoms with Crippen LogP contribution >= 0.6 is 11.8 Å². The number of amides is 1. The molecule has 2 saturated heterocycles. The van der Waals surface area contributed by atoms with Gasteiger partial charge in [0.2, 0.25) is 0 Å². The summed E-state index contributed by atoms with van der Waals surface area (Å²) in [6.45, 7) is 8.27. The van der Waals surface area contributed by atoms with E-state index >= 15 is 0 Å². The number of ether oxygens (including phenoxy) is 5. The maximum absolute atomic E-state index is 12.7. The van der Waals surface area contributed by atoms with Crippen LogP contribution in [0.5, 0.6) is 0 Å². The van der Waals surface area contributed by atoms with Crippen LogP contribution in [0.2, 0.25) is 0 Å². The Morgan fingerprint density at radius 1 is 1.26 bits per heavy atom. The minimum Gasteiger partial charge on any atom is -0.443 e. The Hall–Kier alpha value is -1.65. The molecule has 1 aromatic carbocycles. The number of thioether (sulfide) groups is 1. The zero-order chi connectivity index (χ0) is 22.2. The first-order chi connectivity index (χ1) is 14.8. The van der Waals surface area contributed by atoms with E-state index in [1.165, 1.54) is 16.7 Å². The molecule has 31 heavy (non-hydrogen) atoms. The van der Waals surface area contributed by atoms with Crippen molar-refractivity contribution in [2.45, 2.75) is 69.4 Å². The molecule has 3 aliphatic heterocycles. The van der Waals surface area contributed by atoms with Gasteiger partial charge in [-0.3, -0.25) is 9.89 Å². The molecule has 6 atom stereocenters. The van der Waals surface area contributed by atoms with Gasteiger partial charge in [0.25, 0.3) is 0 Å². The molecular formula is C22H30N2O6S. The second-order valence-corrected chi connectivity index (χ2v) is 9.73. The maximum atomic E-state index is 12.7. The molecule has 170 valence electrons. The van der Waals surface area contributed by atoms with E-state index < -0.39 is 18.0 Å². The summed E-state index contributed by atoms with van der Waals surface area (Å²) in [5.41, 5.74) is 0.0855. The molecule has 0 bridgehead atoms. The highest BCUT2D eigenvalue weighted by molar-refractivity contribution is 8.14. The van der Waals surface area contributed by atoms with Gasteiger partial charge in [0, 0.05) is 19.2 Å². The van der Waals surface area contributed by atoms with Crippen LogP contribution in [-0.4, -0.2) is 71.8 Å². The predicted octanol–water partition coefficient (Wildman–Crippen LogP) is 3.57. The third kappa shape index (κ3) is 4.75. The molecule has 3 heterocycles. The summed E-state index contributed by atoms with van der Waals surface area (Å²) >= 11 is 1.42. The predicted molar refractivity (Wildman–Crippen MR) is 117 cm³/mol. The van der Waals surface area contributed by atoms with Crippen LogP contribution in [0.15, 0.2) is 35.3 Å². The van der Waals surface area contributed by atoms with Crippen molar-refractivity contribution in [3.63, 3.8) is 0 Å². The van der Waals surface area contributed by atoms with Crippen molar-refractivity contribution in [2.24, 2.45) is 4.99 Å². The van der Waals surface area contributed by atoms with Gasteiger partial charge in [-0.2, -0.15) is 0 Å². The first-order valence-corrected chi connectivity index (χ1v) is 11.4. The molecule has 1 unspecified atom stereocenters. The van der Waals surface area contributed by atoms with Gasteiger partial charge in [0.1, 0.15) is 35.4 Å². The molecule has 0 aliphatic carbocycles. The fraction of sp³-hybridized carbons (Fsp3) is 0.636. The number of carbonyl (C=O) groups is 1. The Labute approximate surface area is 187 Å². The van der Waals surface area contributed by atoms with Crippen LogP contribution in [-0.2, 0) is 23.7 Å². The van der Waals surface area contributed by atoms with E-state index in [4.69, 9.17) is 28.7 Å². The lowest BCUT2D eigenvalue weighted by Gasteiger charge is -2.46. The third-order valence-corrected chi connectivity index (χ3v) is 6.45. The lowest BCUT2D eigenvalue weighted by Crippen LogP contribution is -2.60. The van der Waals surface area contributed by atoms with Crippen LogP contribution in [0.1, 0.15) is 39.5 Å². The summed E-state index contributed by atoms with van der Waals surface area (Å²) in [4.78, 5) is 19.0. The van der Waals surface area contributed by atoms with Crippen LogP contribution in [0.25, 0.3) is 0 Å². The minimum atomic E-state index is -0.584. The largest absolute Gasteiger partial charge is 0.443 e. The number of hydrogen-bond donors (Lipinski definition) is 0. The number of hydrogen-bond acceptors (Lipinski definition) is 8. The SMILES string of the molecule is CCN(C(=O)OC(C)(C)C)C1=N[C@@H]2[C@@H](OC)[C@@H]3OC(c4ccccc4)OC[C@H]3O[C@@H]2S1. The van der Waals surface area contributed by atoms with Crippen molar-refractivity contribution in [1.82, 2.24) is 4.90 Å². The van der Waals surface area contributed by atoms with E-state index in [1.807, 2.05) is 58.0 Å². The van der Waals surface area contributed by atoms with Crippen molar-refractivity contribution in [3.05, 3.63) is 35.9 Å². The first-order valence-electron chi connectivity index (χ1n) is 10.6. The summed E-state index contributed by atoms with van der Waals surface area (Å²) in [6.07, 6.45) is -1.82. The highest BCUT2D eigenvalue weighted by Crippen LogP contribution is 2.42. The Bertz CT molecular complexity index is 814. The lowest BCUT2D eigenvalue weighted by molar-refractivity contribution is -0.307. The first kappa shape index (κ1) is 22.5. The van der Waals surface area contributed by atoms with Gasteiger partial charge in [0.05, 0.1) is 6.61 Å². The second-order valence-electron chi connectivity index (χ2n) is 8.66. The van der Waals surface area contributed by atoms with E-state index in [-0.39, 0.29) is 29.8 Å². The third-order valence-electron chi connectivity index (χ3n) is 5.29. The highest BCUT2D eigenvalue weighted by atomic mass is 32.2. The van der Waals surface area contributed by atoms with Crippen LogP contribution in [0.4, 0.5) is 4.79 Å². The van der Waals surface area contributed by atoms with E-state index in [1.54, 1.807) is 7.11 Å². The van der Waals surface area contributed by atoms with Crippen LogP contribution in [0.3, 0.4) is 0 Å². The highest BCUT2D eigenvalue weighted by Gasteiger charge is 2.53.